The first kappa shape index (κ1) is 17.1. The molecule has 0 aliphatic rings. The smallest absolute Gasteiger partial charge is 0.216 e. The van der Waals surface area contributed by atoms with Crippen molar-refractivity contribution in [2.45, 2.75) is 31.7 Å². The van der Waals surface area contributed by atoms with Crippen LogP contribution in [0.1, 0.15) is 24.5 Å². The number of methoxy groups -OCH3 is 1. The second-order valence-electron chi connectivity index (χ2n) is 4.91. The predicted octanol–water partition coefficient (Wildman–Crippen LogP) is 1.25. The van der Waals surface area contributed by atoms with Crippen molar-refractivity contribution in [2.24, 2.45) is 0 Å². The first-order valence-corrected chi connectivity index (χ1v) is 8.33. The van der Waals surface area contributed by atoms with Gasteiger partial charge in [0.1, 0.15) is 0 Å². The molecular formula is C14H24N2O3S. The van der Waals surface area contributed by atoms with Crippen LogP contribution >= 0.6 is 0 Å². The Hall–Kier alpha value is -0.950. The summed E-state index contributed by atoms with van der Waals surface area (Å²) in [6.45, 7) is 3.16. The molecule has 0 aliphatic heterocycles. The van der Waals surface area contributed by atoms with Crippen LogP contribution in [0.3, 0.4) is 0 Å². The standard InChI is InChI=1S/C14H24N2O3S/c1-12(8-9-19-3)16-20(17,18)11-14-6-4-13(5-7-14)10-15-2/h4-7,12,15-16H,8-11H2,1-3H3. The van der Waals surface area contributed by atoms with Crippen LogP contribution in [0, 0.1) is 0 Å². The van der Waals surface area contributed by atoms with Gasteiger partial charge in [0.15, 0.2) is 0 Å². The van der Waals surface area contributed by atoms with Crippen molar-refractivity contribution >= 4 is 10.0 Å². The van der Waals surface area contributed by atoms with Crippen molar-refractivity contribution in [1.82, 2.24) is 10.0 Å². The number of hydrogen-bond acceptors (Lipinski definition) is 4. The molecule has 0 saturated heterocycles. The normalized spacial score (nSPS) is 13.3. The second kappa shape index (κ2) is 8.36. The predicted molar refractivity (Wildman–Crippen MR) is 80.9 cm³/mol. The van der Waals surface area contributed by atoms with Gasteiger partial charge in [0.2, 0.25) is 10.0 Å². The highest BCUT2D eigenvalue weighted by molar-refractivity contribution is 7.88. The van der Waals surface area contributed by atoms with Crippen LogP contribution in [0.2, 0.25) is 0 Å². The largest absolute Gasteiger partial charge is 0.385 e. The Morgan fingerprint density at radius 1 is 1.20 bits per heavy atom. The van der Waals surface area contributed by atoms with Gasteiger partial charge in [0.05, 0.1) is 5.75 Å². The summed E-state index contributed by atoms with van der Waals surface area (Å²) >= 11 is 0. The maximum atomic E-state index is 12.0. The van der Waals surface area contributed by atoms with E-state index in [0.717, 1.165) is 17.7 Å². The molecule has 0 bridgehead atoms. The molecule has 2 N–H and O–H groups in total. The zero-order valence-corrected chi connectivity index (χ0v) is 13.2. The van der Waals surface area contributed by atoms with E-state index in [4.69, 9.17) is 4.74 Å². The van der Waals surface area contributed by atoms with Crippen LogP contribution in [-0.4, -0.2) is 35.2 Å². The summed E-state index contributed by atoms with van der Waals surface area (Å²) in [6.07, 6.45) is 0.664. The maximum Gasteiger partial charge on any atom is 0.216 e. The van der Waals surface area contributed by atoms with Gasteiger partial charge in [-0.05, 0) is 31.5 Å². The quantitative estimate of drug-likeness (QED) is 0.720. The van der Waals surface area contributed by atoms with Crippen molar-refractivity contribution in [3.05, 3.63) is 35.4 Å². The molecule has 0 heterocycles. The first-order chi connectivity index (χ1) is 9.46. The molecule has 0 aliphatic carbocycles. The molecule has 1 aromatic rings. The van der Waals surface area contributed by atoms with Gasteiger partial charge in [0.25, 0.3) is 0 Å². The minimum absolute atomic E-state index is 0.00412. The molecule has 0 fully saturated rings. The lowest BCUT2D eigenvalue weighted by Crippen LogP contribution is -2.34. The summed E-state index contributed by atoms with van der Waals surface area (Å²) in [5, 5.41) is 3.05. The van der Waals surface area contributed by atoms with E-state index in [1.807, 2.05) is 38.2 Å². The molecule has 1 unspecified atom stereocenters. The average molecular weight is 300 g/mol. The maximum absolute atomic E-state index is 12.0. The molecule has 1 atom stereocenters. The molecule has 6 heteroatoms. The van der Waals surface area contributed by atoms with Crippen LogP contribution in [0.15, 0.2) is 24.3 Å². The zero-order valence-electron chi connectivity index (χ0n) is 12.3. The highest BCUT2D eigenvalue weighted by Gasteiger charge is 2.15. The summed E-state index contributed by atoms with van der Waals surface area (Å²) < 4.78 is 31.6. The molecule has 0 aromatic heterocycles. The zero-order chi connectivity index (χ0) is 15.0. The average Bonchev–Trinajstić information content (AvgIpc) is 2.38. The Kier molecular flexibility index (Phi) is 7.15. The van der Waals surface area contributed by atoms with E-state index < -0.39 is 10.0 Å². The number of sulfonamides is 1. The Morgan fingerprint density at radius 2 is 1.80 bits per heavy atom. The topological polar surface area (TPSA) is 67.4 Å². The summed E-state index contributed by atoms with van der Waals surface area (Å²) in [6, 6.07) is 7.46. The van der Waals surface area contributed by atoms with Crippen LogP contribution in [0.4, 0.5) is 0 Å². The number of hydrogen-bond donors (Lipinski definition) is 2. The first-order valence-electron chi connectivity index (χ1n) is 6.68. The van der Waals surface area contributed by atoms with Crippen LogP contribution in [0.25, 0.3) is 0 Å². The van der Waals surface area contributed by atoms with Crippen LogP contribution in [-0.2, 0) is 27.1 Å². The van der Waals surface area contributed by atoms with E-state index in [2.05, 4.69) is 10.0 Å². The fraction of sp³-hybridized carbons (Fsp3) is 0.571. The third-order valence-electron chi connectivity index (χ3n) is 2.90. The summed E-state index contributed by atoms with van der Waals surface area (Å²) in [4.78, 5) is 0. The van der Waals surface area contributed by atoms with Crippen molar-refractivity contribution in [3.63, 3.8) is 0 Å². The highest BCUT2D eigenvalue weighted by atomic mass is 32.2. The number of benzene rings is 1. The lowest BCUT2D eigenvalue weighted by Gasteiger charge is -2.14. The fourth-order valence-electron chi connectivity index (χ4n) is 1.88. The van der Waals surface area contributed by atoms with Gasteiger partial charge in [-0.1, -0.05) is 24.3 Å². The fourth-order valence-corrected chi connectivity index (χ4v) is 3.32. The van der Waals surface area contributed by atoms with Gasteiger partial charge in [-0.2, -0.15) is 0 Å². The van der Waals surface area contributed by atoms with E-state index in [1.54, 1.807) is 7.11 Å². The van der Waals surface area contributed by atoms with E-state index >= 15 is 0 Å². The molecular weight excluding hydrogens is 276 g/mol. The molecule has 1 rings (SSSR count). The molecule has 0 saturated carbocycles. The number of rotatable bonds is 9. The molecule has 0 amide bonds. The van der Waals surface area contributed by atoms with Gasteiger partial charge in [-0.25, -0.2) is 13.1 Å². The molecule has 0 spiro atoms. The molecule has 1 aromatic carbocycles. The summed E-state index contributed by atoms with van der Waals surface area (Å²) in [7, 11) is 0.173. The van der Waals surface area contributed by atoms with E-state index in [-0.39, 0.29) is 11.8 Å². The number of nitrogens with one attached hydrogen (secondary N) is 2. The summed E-state index contributed by atoms with van der Waals surface area (Å²) in [5.74, 6) is 0.00412. The number of ether oxygens (including phenoxy) is 1. The van der Waals surface area contributed by atoms with Crippen molar-refractivity contribution < 1.29 is 13.2 Å². The summed E-state index contributed by atoms with van der Waals surface area (Å²) in [5.41, 5.74) is 1.92. The lowest BCUT2D eigenvalue weighted by atomic mass is 10.1. The van der Waals surface area contributed by atoms with E-state index in [1.165, 1.54) is 0 Å². The van der Waals surface area contributed by atoms with Crippen molar-refractivity contribution in [3.8, 4) is 0 Å². The Bertz CT molecular complexity index is 486. The minimum atomic E-state index is -3.31. The third kappa shape index (κ3) is 6.47. The molecule has 5 nitrogen and oxygen atoms in total. The monoisotopic (exact) mass is 300 g/mol. The molecule has 20 heavy (non-hydrogen) atoms. The Labute approximate surface area is 121 Å². The van der Waals surface area contributed by atoms with Gasteiger partial charge in [0, 0.05) is 26.3 Å². The second-order valence-corrected chi connectivity index (χ2v) is 6.66. The third-order valence-corrected chi connectivity index (χ3v) is 4.37. The van der Waals surface area contributed by atoms with Gasteiger partial charge >= 0.3 is 0 Å². The highest BCUT2D eigenvalue weighted by Crippen LogP contribution is 2.08. The van der Waals surface area contributed by atoms with E-state index in [0.29, 0.717) is 13.0 Å². The Balaban J connectivity index is 2.57. The van der Waals surface area contributed by atoms with Gasteiger partial charge in [-0.15, -0.1) is 0 Å². The van der Waals surface area contributed by atoms with Crippen LogP contribution < -0.4 is 10.0 Å². The molecule has 114 valence electrons. The van der Waals surface area contributed by atoms with Crippen molar-refractivity contribution in [2.75, 3.05) is 20.8 Å². The van der Waals surface area contributed by atoms with Crippen LogP contribution in [0.5, 0.6) is 0 Å². The molecule has 0 radical (unpaired) electrons. The minimum Gasteiger partial charge on any atom is -0.385 e. The lowest BCUT2D eigenvalue weighted by molar-refractivity contribution is 0.188. The SMILES string of the molecule is CNCc1ccc(CS(=O)(=O)NC(C)CCOC)cc1. The van der Waals surface area contributed by atoms with Gasteiger partial charge < -0.3 is 10.1 Å². The van der Waals surface area contributed by atoms with Gasteiger partial charge in [-0.3, -0.25) is 0 Å². The Morgan fingerprint density at radius 3 is 2.35 bits per heavy atom. The van der Waals surface area contributed by atoms with Crippen molar-refractivity contribution in [1.29, 1.82) is 0 Å². The van der Waals surface area contributed by atoms with E-state index in [9.17, 15) is 8.42 Å².